The number of benzene rings is 2. The summed E-state index contributed by atoms with van der Waals surface area (Å²) in [4.78, 5) is 23.7. The molecule has 0 aliphatic carbocycles. The standard InChI is InChI=1S/C16H13FN2O3/c17-12-5-3-4-11(8-12)9-18-15(20)10-19-13-6-1-2-7-14(13)22-16(19)21/h1-8H,9-10H2,(H,18,20). The number of carbonyl (C=O) groups is 1. The summed E-state index contributed by atoms with van der Waals surface area (Å²) in [6.07, 6.45) is 0. The predicted molar refractivity (Wildman–Crippen MR) is 78.7 cm³/mol. The van der Waals surface area contributed by atoms with Gasteiger partial charge in [0.15, 0.2) is 5.58 Å². The molecular weight excluding hydrogens is 287 g/mol. The highest BCUT2D eigenvalue weighted by Gasteiger charge is 2.12. The van der Waals surface area contributed by atoms with E-state index in [4.69, 9.17) is 4.42 Å². The molecule has 5 nitrogen and oxygen atoms in total. The third kappa shape index (κ3) is 2.90. The summed E-state index contributed by atoms with van der Waals surface area (Å²) >= 11 is 0. The maximum atomic E-state index is 13.1. The first-order valence-electron chi connectivity index (χ1n) is 6.73. The number of hydrogen-bond donors (Lipinski definition) is 1. The molecule has 1 N–H and O–H groups in total. The van der Waals surface area contributed by atoms with Gasteiger partial charge < -0.3 is 9.73 Å². The molecule has 0 fully saturated rings. The van der Waals surface area contributed by atoms with Crippen LogP contribution in [-0.2, 0) is 17.9 Å². The molecule has 1 amide bonds. The zero-order chi connectivity index (χ0) is 15.5. The maximum Gasteiger partial charge on any atom is 0.420 e. The maximum absolute atomic E-state index is 13.1. The van der Waals surface area contributed by atoms with Crippen molar-refractivity contribution in [3.63, 3.8) is 0 Å². The number of para-hydroxylation sites is 2. The highest BCUT2D eigenvalue weighted by Crippen LogP contribution is 2.11. The van der Waals surface area contributed by atoms with E-state index >= 15 is 0 Å². The smallest absolute Gasteiger partial charge is 0.408 e. The van der Waals surface area contributed by atoms with Gasteiger partial charge in [-0.15, -0.1) is 0 Å². The number of oxazole rings is 1. The van der Waals surface area contributed by atoms with Crippen LogP contribution in [0.5, 0.6) is 0 Å². The van der Waals surface area contributed by atoms with Crippen molar-refractivity contribution in [2.45, 2.75) is 13.1 Å². The molecule has 1 aromatic heterocycles. The second-order valence-electron chi connectivity index (χ2n) is 4.83. The van der Waals surface area contributed by atoms with Gasteiger partial charge in [0, 0.05) is 6.54 Å². The minimum absolute atomic E-state index is 0.148. The summed E-state index contributed by atoms with van der Waals surface area (Å²) in [6.45, 7) is 0.0479. The molecule has 112 valence electrons. The summed E-state index contributed by atoms with van der Waals surface area (Å²) in [5, 5.41) is 2.65. The summed E-state index contributed by atoms with van der Waals surface area (Å²) in [5.74, 6) is -1.29. The molecule has 0 aliphatic heterocycles. The first kappa shape index (κ1) is 14.1. The van der Waals surface area contributed by atoms with E-state index < -0.39 is 5.76 Å². The lowest BCUT2D eigenvalue weighted by Gasteiger charge is -2.06. The number of rotatable bonds is 4. The molecule has 2 aromatic carbocycles. The quantitative estimate of drug-likeness (QED) is 0.802. The molecule has 0 aliphatic rings. The Morgan fingerprint density at radius 1 is 1.18 bits per heavy atom. The third-order valence-corrected chi connectivity index (χ3v) is 3.25. The van der Waals surface area contributed by atoms with Crippen molar-refractivity contribution in [1.82, 2.24) is 9.88 Å². The van der Waals surface area contributed by atoms with Crippen LogP contribution in [0, 0.1) is 5.82 Å². The van der Waals surface area contributed by atoms with Crippen molar-refractivity contribution in [1.29, 1.82) is 0 Å². The molecule has 0 radical (unpaired) electrons. The van der Waals surface area contributed by atoms with Crippen LogP contribution in [0.3, 0.4) is 0 Å². The van der Waals surface area contributed by atoms with Crippen LogP contribution in [0.4, 0.5) is 4.39 Å². The van der Waals surface area contributed by atoms with Crippen LogP contribution in [0.15, 0.2) is 57.7 Å². The Kier molecular flexibility index (Phi) is 3.74. The molecule has 0 unspecified atom stereocenters. The summed E-state index contributed by atoms with van der Waals surface area (Å²) in [7, 11) is 0. The van der Waals surface area contributed by atoms with Gasteiger partial charge in [-0.25, -0.2) is 9.18 Å². The van der Waals surface area contributed by atoms with Crippen molar-refractivity contribution >= 4 is 17.0 Å². The van der Waals surface area contributed by atoms with Gasteiger partial charge in [-0.05, 0) is 29.8 Å². The highest BCUT2D eigenvalue weighted by molar-refractivity contribution is 5.79. The fourth-order valence-corrected chi connectivity index (χ4v) is 2.21. The number of aromatic nitrogens is 1. The zero-order valence-corrected chi connectivity index (χ0v) is 11.6. The number of nitrogens with one attached hydrogen (secondary N) is 1. The van der Waals surface area contributed by atoms with Gasteiger partial charge in [0.05, 0.1) is 5.52 Å². The van der Waals surface area contributed by atoms with E-state index in [1.807, 2.05) is 0 Å². The Hall–Kier alpha value is -2.89. The largest absolute Gasteiger partial charge is 0.420 e. The molecule has 0 saturated carbocycles. The molecule has 3 aromatic rings. The average molecular weight is 300 g/mol. The van der Waals surface area contributed by atoms with Crippen molar-refractivity contribution in [2.24, 2.45) is 0 Å². The lowest BCUT2D eigenvalue weighted by molar-refractivity contribution is -0.121. The normalized spacial score (nSPS) is 10.8. The van der Waals surface area contributed by atoms with Crippen LogP contribution < -0.4 is 11.1 Å². The molecular formula is C16H13FN2O3. The fraction of sp³-hybridized carbons (Fsp3) is 0.125. The molecule has 0 atom stereocenters. The second kappa shape index (κ2) is 5.85. The summed E-state index contributed by atoms with van der Waals surface area (Å²) in [6, 6.07) is 12.9. The van der Waals surface area contributed by atoms with E-state index in [1.165, 1.54) is 16.7 Å². The Labute approximate surface area is 125 Å². The van der Waals surface area contributed by atoms with Gasteiger partial charge in [-0.2, -0.15) is 0 Å². The van der Waals surface area contributed by atoms with Crippen LogP contribution in [0.25, 0.3) is 11.1 Å². The van der Waals surface area contributed by atoms with Crippen molar-refractivity contribution in [2.75, 3.05) is 0 Å². The van der Waals surface area contributed by atoms with Gasteiger partial charge >= 0.3 is 5.76 Å². The van der Waals surface area contributed by atoms with Crippen molar-refractivity contribution < 1.29 is 13.6 Å². The second-order valence-corrected chi connectivity index (χ2v) is 4.83. The van der Waals surface area contributed by atoms with Gasteiger partial charge in [0.2, 0.25) is 5.91 Å². The lowest BCUT2D eigenvalue weighted by Crippen LogP contribution is -2.30. The molecule has 6 heteroatoms. The number of nitrogens with zero attached hydrogens (tertiary/aromatic N) is 1. The number of hydrogen-bond acceptors (Lipinski definition) is 3. The molecule has 0 saturated heterocycles. The van der Waals surface area contributed by atoms with Gasteiger partial charge in [0.1, 0.15) is 12.4 Å². The molecule has 22 heavy (non-hydrogen) atoms. The minimum atomic E-state index is -0.581. The van der Waals surface area contributed by atoms with Gasteiger partial charge in [-0.1, -0.05) is 24.3 Å². The first-order chi connectivity index (χ1) is 10.6. The SMILES string of the molecule is O=C(Cn1c(=O)oc2ccccc21)NCc1cccc(F)c1. The van der Waals surface area contributed by atoms with Crippen LogP contribution in [0.2, 0.25) is 0 Å². The molecule has 3 rings (SSSR count). The fourth-order valence-electron chi connectivity index (χ4n) is 2.21. The van der Waals surface area contributed by atoms with Crippen molar-refractivity contribution in [3.05, 3.63) is 70.5 Å². The number of fused-ring (bicyclic) bond motifs is 1. The Balaban J connectivity index is 1.71. The summed E-state index contributed by atoms with van der Waals surface area (Å²) < 4.78 is 19.4. The number of amides is 1. The van der Waals surface area contributed by atoms with Gasteiger partial charge in [0.25, 0.3) is 0 Å². The lowest BCUT2D eigenvalue weighted by atomic mass is 10.2. The van der Waals surface area contributed by atoms with Gasteiger partial charge in [-0.3, -0.25) is 9.36 Å². The van der Waals surface area contributed by atoms with E-state index in [2.05, 4.69) is 5.32 Å². The topological polar surface area (TPSA) is 64.2 Å². The monoisotopic (exact) mass is 300 g/mol. The Bertz CT molecular complexity index is 882. The van der Waals surface area contributed by atoms with E-state index in [-0.39, 0.29) is 24.8 Å². The van der Waals surface area contributed by atoms with E-state index in [1.54, 1.807) is 36.4 Å². The Morgan fingerprint density at radius 2 is 2.00 bits per heavy atom. The molecule has 0 bridgehead atoms. The predicted octanol–water partition coefficient (Wildman–Crippen LogP) is 2.05. The first-order valence-corrected chi connectivity index (χ1v) is 6.73. The van der Waals surface area contributed by atoms with E-state index in [9.17, 15) is 14.0 Å². The number of carbonyl (C=O) groups excluding carboxylic acids is 1. The Morgan fingerprint density at radius 3 is 2.82 bits per heavy atom. The zero-order valence-electron chi connectivity index (χ0n) is 11.6. The van der Waals surface area contributed by atoms with Crippen LogP contribution in [0.1, 0.15) is 5.56 Å². The van der Waals surface area contributed by atoms with Crippen LogP contribution >= 0.6 is 0 Å². The van der Waals surface area contributed by atoms with E-state index in [0.29, 0.717) is 16.7 Å². The molecule has 0 spiro atoms. The number of halogens is 1. The highest BCUT2D eigenvalue weighted by atomic mass is 19.1. The average Bonchev–Trinajstić information content (AvgIpc) is 2.81. The minimum Gasteiger partial charge on any atom is -0.408 e. The van der Waals surface area contributed by atoms with Crippen LogP contribution in [-0.4, -0.2) is 10.5 Å². The summed E-state index contributed by atoms with van der Waals surface area (Å²) in [5.41, 5.74) is 1.65. The molecule has 1 heterocycles. The van der Waals surface area contributed by atoms with E-state index in [0.717, 1.165) is 0 Å². The third-order valence-electron chi connectivity index (χ3n) is 3.25. The van der Waals surface area contributed by atoms with Crippen molar-refractivity contribution in [3.8, 4) is 0 Å².